The highest BCUT2D eigenvalue weighted by atomic mass is 16.5. The average Bonchev–Trinajstić information content (AvgIpc) is 2.73. The molecular weight excluding hydrogens is 366 g/mol. The van der Waals surface area contributed by atoms with Crippen LogP contribution in [0.2, 0.25) is 0 Å². The van der Waals surface area contributed by atoms with Gasteiger partial charge in [-0.1, -0.05) is 60.7 Å². The molecule has 4 rings (SSSR count). The van der Waals surface area contributed by atoms with Gasteiger partial charge in [-0.2, -0.15) is 0 Å². The fraction of sp³-hybridized carbons (Fsp3) is 0.136. The van der Waals surface area contributed by atoms with Crippen molar-refractivity contribution in [3.05, 3.63) is 77.9 Å². The molecule has 0 saturated carbocycles. The number of fused-ring (bicyclic) bond motifs is 1. The molecule has 1 aliphatic rings. The Kier molecular flexibility index (Phi) is 5.11. The van der Waals surface area contributed by atoms with Crippen molar-refractivity contribution in [2.45, 2.75) is 19.6 Å². The van der Waals surface area contributed by atoms with Gasteiger partial charge in [0, 0.05) is 11.8 Å². The minimum absolute atomic E-state index is 0.0811. The molecule has 2 aromatic carbocycles. The van der Waals surface area contributed by atoms with Crippen LogP contribution in [0.15, 0.2) is 71.7 Å². The van der Waals surface area contributed by atoms with Crippen LogP contribution in [0.25, 0.3) is 0 Å². The minimum atomic E-state index is -0.604. The quantitative estimate of drug-likeness (QED) is 0.604. The Hall–Kier alpha value is -3.87. The number of nitrogens with one attached hydrogen (secondary N) is 2. The van der Waals surface area contributed by atoms with E-state index in [4.69, 9.17) is 10.5 Å². The van der Waals surface area contributed by atoms with Crippen LogP contribution in [-0.4, -0.2) is 16.8 Å². The van der Waals surface area contributed by atoms with E-state index in [1.54, 1.807) is 6.07 Å². The third-order valence-electron chi connectivity index (χ3n) is 4.61. The van der Waals surface area contributed by atoms with Crippen LogP contribution in [0, 0.1) is 0 Å². The molecule has 1 aliphatic heterocycles. The molecule has 0 spiro atoms. The van der Waals surface area contributed by atoms with Crippen molar-refractivity contribution in [2.75, 3.05) is 16.4 Å². The second-order valence-corrected chi connectivity index (χ2v) is 6.71. The summed E-state index contributed by atoms with van der Waals surface area (Å²) in [5, 5.41) is 6.01. The minimum Gasteiger partial charge on any atom is -0.444 e. The van der Waals surface area contributed by atoms with E-state index in [1.165, 1.54) is 0 Å². The predicted octanol–water partition coefficient (Wildman–Crippen LogP) is 4.67. The Bertz CT molecular complexity index is 1050. The Morgan fingerprint density at radius 2 is 1.83 bits per heavy atom. The van der Waals surface area contributed by atoms with Gasteiger partial charge in [0.25, 0.3) is 0 Å². The Labute approximate surface area is 168 Å². The number of carbonyl (C=O) groups excluding carboxylic acids is 1. The van der Waals surface area contributed by atoms with Crippen LogP contribution in [0.4, 0.5) is 27.8 Å². The van der Waals surface area contributed by atoms with Gasteiger partial charge in [-0.05, 0) is 18.1 Å². The predicted molar refractivity (Wildman–Crippen MR) is 114 cm³/mol. The zero-order chi connectivity index (χ0) is 20.2. The van der Waals surface area contributed by atoms with Crippen LogP contribution in [0.5, 0.6) is 0 Å². The number of hydrogen-bond donors (Lipinski definition) is 3. The zero-order valence-corrected chi connectivity index (χ0v) is 15.9. The molecule has 1 unspecified atom stereocenters. The standard InChI is InChI=1S/C22H21N5O2/c1-14-19(16-10-6-3-7-11-16)27-20-17(24-14)12-18(25-21(20)23)26-22(28)29-13-15-8-4-2-5-9-15/h2-12,19,27H,13H2,1H3,(H3,23,25,26,28). The monoisotopic (exact) mass is 387 g/mol. The van der Waals surface area contributed by atoms with E-state index in [-0.39, 0.29) is 24.3 Å². The number of amides is 1. The molecule has 0 fully saturated rings. The molecule has 1 atom stereocenters. The summed E-state index contributed by atoms with van der Waals surface area (Å²) >= 11 is 0. The highest BCUT2D eigenvalue weighted by molar-refractivity contribution is 6.00. The number of ether oxygens (including phenoxy) is 1. The third kappa shape index (κ3) is 4.19. The Balaban J connectivity index is 1.49. The zero-order valence-electron chi connectivity index (χ0n) is 15.9. The maximum atomic E-state index is 12.1. The second-order valence-electron chi connectivity index (χ2n) is 6.71. The van der Waals surface area contributed by atoms with Crippen LogP contribution >= 0.6 is 0 Å². The lowest BCUT2D eigenvalue weighted by Crippen LogP contribution is -2.23. The first-order valence-electron chi connectivity index (χ1n) is 9.25. The van der Waals surface area contributed by atoms with Crippen molar-refractivity contribution in [3.8, 4) is 0 Å². The van der Waals surface area contributed by atoms with Gasteiger partial charge in [0.05, 0.1) is 11.7 Å². The topological polar surface area (TPSA) is 102 Å². The van der Waals surface area contributed by atoms with Gasteiger partial charge < -0.3 is 15.8 Å². The normalized spacial score (nSPS) is 14.9. The highest BCUT2D eigenvalue weighted by Crippen LogP contribution is 2.39. The summed E-state index contributed by atoms with van der Waals surface area (Å²) in [5.41, 5.74) is 10.3. The van der Waals surface area contributed by atoms with Crippen molar-refractivity contribution in [1.82, 2.24) is 4.98 Å². The van der Waals surface area contributed by atoms with E-state index in [0.29, 0.717) is 11.4 Å². The summed E-state index contributed by atoms with van der Waals surface area (Å²) in [6, 6.07) is 21.0. The van der Waals surface area contributed by atoms with Gasteiger partial charge in [0.15, 0.2) is 5.82 Å². The van der Waals surface area contributed by atoms with E-state index in [1.807, 2.05) is 67.6 Å². The fourth-order valence-corrected chi connectivity index (χ4v) is 3.19. The first-order chi connectivity index (χ1) is 14.1. The number of aliphatic imine (C=N–C) groups is 1. The Morgan fingerprint density at radius 1 is 1.14 bits per heavy atom. The molecule has 0 radical (unpaired) electrons. The summed E-state index contributed by atoms with van der Waals surface area (Å²) in [6.45, 7) is 2.12. The van der Waals surface area contributed by atoms with Gasteiger partial charge in [0.1, 0.15) is 18.1 Å². The molecular formula is C22H21N5O2. The van der Waals surface area contributed by atoms with Crippen molar-refractivity contribution in [1.29, 1.82) is 0 Å². The number of nitrogen functional groups attached to an aromatic ring is 1. The van der Waals surface area contributed by atoms with Crippen molar-refractivity contribution in [3.63, 3.8) is 0 Å². The maximum Gasteiger partial charge on any atom is 0.413 e. The van der Waals surface area contributed by atoms with Gasteiger partial charge in [0.2, 0.25) is 0 Å². The van der Waals surface area contributed by atoms with Crippen molar-refractivity contribution >= 4 is 34.8 Å². The number of nitrogens with zero attached hydrogens (tertiary/aromatic N) is 2. The molecule has 3 aromatic rings. The van der Waals surface area contributed by atoms with Crippen LogP contribution < -0.4 is 16.4 Å². The molecule has 0 saturated heterocycles. The lowest BCUT2D eigenvalue weighted by Gasteiger charge is -2.26. The highest BCUT2D eigenvalue weighted by Gasteiger charge is 2.24. The largest absolute Gasteiger partial charge is 0.444 e. The summed E-state index contributed by atoms with van der Waals surface area (Å²) in [6.07, 6.45) is -0.604. The first-order valence-corrected chi connectivity index (χ1v) is 9.25. The molecule has 7 nitrogen and oxygen atoms in total. The van der Waals surface area contributed by atoms with Crippen molar-refractivity contribution < 1.29 is 9.53 Å². The number of rotatable bonds is 4. The fourth-order valence-electron chi connectivity index (χ4n) is 3.19. The molecule has 0 aliphatic carbocycles. The van der Waals surface area contributed by atoms with Gasteiger partial charge in [-0.15, -0.1) is 0 Å². The summed E-state index contributed by atoms with van der Waals surface area (Å²) in [4.78, 5) is 21.0. The second kappa shape index (κ2) is 8.02. The van der Waals surface area contributed by atoms with E-state index >= 15 is 0 Å². The average molecular weight is 387 g/mol. The molecule has 2 heterocycles. The lowest BCUT2D eigenvalue weighted by atomic mass is 10.0. The molecule has 146 valence electrons. The number of aromatic nitrogens is 1. The van der Waals surface area contributed by atoms with E-state index < -0.39 is 6.09 Å². The number of carbonyl (C=O) groups is 1. The summed E-state index contributed by atoms with van der Waals surface area (Å²) < 4.78 is 5.23. The van der Waals surface area contributed by atoms with Gasteiger partial charge in [-0.3, -0.25) is 10.3 Å². The van der Waals surface area contributed by atoms with E-state index in [2.05, 4.69) is 20.6 Å². The maximum absolute atomic E-state index is 12.1. The van der Waals surface area contributed by atoms with Crippen LogP contribution in [-0.2, 0) is 11.3 Å². The van der Waals surface area contributed by atoms with Crippen LogP contribution in [0.1, 0.15) is 24.1 Å². The Morgan fingerprint density at radius 3 is 2.55 bits per heavy atom. The number of nitrogens with two attached hydrogens (primary N) is 1. The number of hydrogen-bond acceptors (Lipinski definition) is 6. The first kappa shape index (κ1) is 18.5. The van der Waals surface area contributed by atoms with Crippen molar-refractivity contribution in [2.24, 2.45) is 4.99 Å². The van der Waals surface area contributed by atoms with E-state index in [0.717, 1.165) is 16.8 Å². The molecule has 1 amide bonds. The summed E-state index contributed by atoms with van der Waals surface area (Å²) in [7, 11) is 0. The van der Waals surface area contributed by atoms with E-state index in [9.17, 15) is 4.79 Å². The SMILES string of the molecule is CC1=Nc2cc(NC(=O)OCc3ccccc3)nc(N)c2NC1c1ccccc1. The molecule has 0 bridgehead atoms. The lowest BCUT2D eigenvalue weighted by molar-refractivity contribution is 0.155. The molecule has 1 aromatic heterocycles. The number of pyridine rings is 1. The number of anilines is 3. The number of benzene rings is 2. The van der Waals surface area contributed by atoms with Gasteiger partial charge >= 0.3 is 6.09 Å². The molecule has 29 heavy (non-hydrogen) atoms. The summed E-state index contributed by atoms with van der Waals surface area (Å²) in [5.74, 6) is 0.550. The molecule has 4 N–H and O–H groups in total. The van der Waals surface area contributed by atoms with Crippen LogP contribution in [0.3, 0.4) is 0 Å². The smallest absolute Gasteiger partial charge is 0.413 e. The third-order valence-corrected chi connectivity index (χ3v) is 4.61. The molecule has 7 heteroatoms. The van der Waals surface area contributed by atoms with Gasteiger partial charge in [-0.25, -0.2) is 9.78 Å².